The molecule has 64 valence electrons. The van der Waals surface area contributed by atoms with Gasteiger partial charge in [-0.15, -0.1) is 0 Å². The molecule has 0 rings (SSSR count). The molecule has 0 radical (unpaired) electrons. The SMILES string of the molecule is [CH3][Sn]([CH3])([CH3])[C](=[N+]=[N-])[Sn]([CH3])([CH3])[CH3]. The second-order valence-corrected chi connectivity index (χ2v) is 37.4. The molecule has 0 aromatic carbocycles. The van der Waals surface area contributed by atoms with Crippen LogP contribution >= 0.6 is 0 Å². The van der Waals surface area contributed by atoms with Crippen LogP contribution in [0, 0.1) is 0 Å². The average Bonchev–Trinajstić information content (AvgIpc) is 1.56. The quantitative estimate of drug-likeness (QED) is 0.311. The summed E-state index contributed by atoms with van der Waals surface area (Å²) in [4.78, 5) is 17.4. The normalized spacial score (nSPS) is 12.5. The summed E-state index contributed by atoms with van der Waals surface area (Å²) in [6.07, 6.45) is 0. The molecular formula is C7H18N2Sn2. The van der Waals surface area contributed by atoms with Crippen LogP contribution in [-0.2, 0) is 0 Å². The Morgan fingerprint density at radius 2 is 1.18 bits per heavy atom. The summed E-state index contributed by atoms with van der Waals surface area (Å²) < 4.78 is 1.26. The summed E-state index contributed by atoms with van der Waals surface area (Å²) in [6.45, 7) is 0. The molecule has 4 heteroatoms. The van der Waals surface area contributed by atoms with Crippen molar-refractivity contribution in [3.63, 3.8) is 0 Å². The van der Waals surface area contributed by atoms with E-state index in [0.717, 1.165) is 0 Å². The van der Waals surface area contributed by atoms with Crippen LogP contribution in [-0.4, -0.2) is 43.3 Å². The molecule has 0 aromatic heterocycles. The van der Waals surface area contributed by atoms with Gasteiger partial charge in [-0.05, 0) is 0 Å². The van der Waals surface area contributed by atoms with Gasteiger partial charge in [-0.1, -0.05) is 0 Å². The van der Waals surface area contributed by atoms with E-state index in [0.29, 0.717) is 0 Å². The van der Waals surface area contributed by atoms with Crippen LogP contribution in [0.2, 0.25) is 29.6 Å². The first-order chi connectivity index (χ1) is 4.69. The molecule has 0 aromatic rings. The Hall–Kier alpha value is 0.977. The number of rotatable bonds is 2. The van der Waals surface area contributed by atoms with Crippen LogP contribution in [0.25, 0.3) is 5.53 Å². The Morgan fingerprint density at radius 3 is 1.18 bits per heavy atom. The van der Waals surface area contributed by atoms with Crippen LogP contribution in [0.1, 0.15) is 0 Å². The Labute approximate surface area is 77.7 Å². The summed E-state index contributed by atoms with van der Waals surface area (Å²) in [5.74, 6) is 0. The first-order valence-corrected chi connectivity index (χ1v) is 23.9. The van der Waals surface area contributed by atoms with E-state index in [1.165, 1.54) is 1.74 Å². The maximum atomic E-state index is 8.89. The van der Waals surface area contributed by atoms with E-state index in [4.69, 9.17) is 5.53 Å². The molecule has 0 fully saturated rings. The second-order valence-electron chi connectivity index (χ2n) is 4.95. The summed E-state index contributed by atoms with van der Waals surface area (Å²) >= 11 is -4.06. The summed E-state index contributed by atoms with van der Waals surface area (Å²) in [6, 6.07) is 0. The topological polar surface area (TPSA) is 36.4 Å². The maximum absolute atomic E-state index is 8.89. The van der Waals surface area contributed by atoms with Crippen LogP contribution in [0.3, 0.4) is 0 Å². The first kappa shape index (κ1) is 12.0. The molecule has 0 atom stereocenters. The standard InChI is InChI=1S/CN2.6CH3.2Sn/c1-3-2;;;;;;;;/h;6*1H3;;. The van der Waals surface area contributed by atoms with E-state index >= 15 is 0 Å². The minimum absolute atomic E-state index is 1.26. The molecule has 0 aliphatic heterocycles. The molecular weight excluding hydrogens is 350 g/mol. The van der Waals surface area contributed by atoms with Gasteiger partial charge in [-0.2, -0.15) is 0 Å². The van der Waals surface area contributed by atoms with Crippen molar-refractivity contribution in [3.05, 3.63) is 5.53 Å². The fourth-order valence-corrected chi connectivity index (χ4v) is 52.6. The third-order valence-electron chi connectivity index (χ3n) is 1.52. The predicted octanol–water partition coefficient (Wildman–Crippen LogP) is 2.41. The van der Waals surface area contributed by atoms with E-state index in [-0.39, 0.29) is 0 Å². The fourth-order valence-electron chi connectivity index (χ4n) is 1.43. The van der Waals surface area contributed by atoms with Crippen molar-refractivity contribution < 1.29 is 4.79 Å². The van der Waals surface area contributed by atoms with Crippen molar-refractivity contribution in [2.45, 2.75) is 29.6 Å². The third-order valence-corrected chi connectivity index (χ3v) is 38.9. The van der Waals surface area contributed by atoms with Crippen LogP contribution in [0.5, 0.6) is 0 Å². The van der Waals surface area contributed by atoms with Crippen molar-refractivity contribution >= 4 is 38.5 Å². The number of hydrogen-bond donors (Lipinski definition) is 0. The van der Waals surface area contributed by atoms with E-state index in [1.807, 2.05) is 0 Å². The van der Waals surface area contributed by atoms with Gasteiger partial charge < -0.3 is 0 Å². The summed E-state index contributed by atoms with van der Waals surface area (Å²) in [5, 5.41) is 0. The molecule has 0 aliphatic rings. The van der Waals surface area contributed by atoms with E-state index < -0.39 is 36.8 Å². The van der Waals surface area contributed by atoms with Gasteiger partial charge in [0.05, 0.1) is 0 Å². The molecule has 2 nitrogen and oxygen atoms in total. The molecule has 0 amide bonds. The zero-order chi connectivity index (χ0) is 9.28. The second kappa shape index (κ2) is 3.79. The molecule has 0 N–H and O–H groups in total. The molecule has 0 saturated carbocycles. The van der Waals surface area contributed by atoms with E-state index in [2.05, 4.69) is 34.4 Å². The summed E-state index contributed by atoms with van der Waals surface area (Å²) in [5.41, 5.74) is 8.89. The zero-order valence-electron chi connectivity index (χ0n) is 8.39. The van der Waals surface area contributed by atoms with Crippen molar-refractivity contribution in [2.75, 3.05) is 0 Å². The first-order valence-electron chi connectivity index (χ1n) is 3.92. The van der Waals surface area contributed by atoms with E-state index in [1.54, 1.807) is 0 Å². The minimum atomic E-state index is -2.03. The van der Waals surface area contributed by atoms with Gasteiger partial charge in [0.2, 0.25) is 0 Å². The van der Waals surface area contributed by atoms with Crippen molar-refractivity contribution in [3.8, 4) is 0 Å². The molecule has 0 spiro atoms. The Kier molecular flexibility index (Phi) is 4.13. The van der Waals surface area contributed by atoms with Crippen LogP contribution < -0.4 is 0 Å². The Bertz CT molecular complexity index is 175. The third kappa shape index (κ3) is 3.94. The number of nitrogens with zero attached hydrogens (tertiary/aromatic N) is 2. The van der Waals surface area contributed by atoms with Gasteiger partial charge >= 0.3 is 78.5 Å². The molecule has 0 saturated heterocycles. The predicted molar refractivity (Wildman–Crippen MR) is 55.3 cm³/mol. The number of hydrogen-bond acceptors (Lipinski definition) is 0. The van der Waals surface area contributed by atoms with Crippen molar-refractivity contribution in [1.29, 1.82) is 0 Å². The van der Waals surface area contributed by atoms with Gasteiger partial charge in [0.1, 0.15) is 0 Å². The Morgan fingerprint density at radius 1 is 0.909 bits per heavy atom. The molecule has 0 aliphatic carbocycles. The van der Waals surface area contributed by atoms with Crippen molar-refractivity contribution in [2.24, 2.45) is 0 Å². The van der Waals surface area contributed by atoms with Crippen molar-refractivity contribution in [1.82, 2.24) is 0 Å². The molecule has 0 bridgehead atoms. The van der Waals surface area contributed by atoms with Gasteiger partial charge in [0.25, 0.3) is 0 Å². The fraction of sp³-hybridized carbons (Fsp3) is 0.857. The van der Waals surface area contributed by atoms with Crippen LogP contribution in [0.4, 0.5) is 0 Å². The Balaban J connectivity index is 4.90. The van der Waals surface area contributed by atoms with Gasteiger partial charge in [0.15, 0.2) is 0 Å². The molecule has 11 heavy (non-hydrogen) atoms. The van der Waals surface area contributed by atoms with E-state index in [9.17, 15) is 0 Å². The van der Waals surface area contributed by atoms with Gasteiger partial charge in [-0.3, -0.25) is 0 Å². The molecule has 0 unspecified atom stereocenters. The van der Waals surface area contributed by atoms with Gasteiger partial charge in [-0.25, -0.2) is 0 Å². The van der Waals surface area contributed by atoms with Crippen LogP contribution in [0.15, 0.2) is 0 Å². The summed E-state index contributed by atoms with van der Waals surface area (Å²) in [7, 11) is 0. The average molecular weight is 368 g/mol. The zero-order valence-corrected chi connectivity index (χ0v) is 14.1. The monoisotopic (exact) mass is 370 g/mol. The molecule has 0 heterocycles. The van der Waals surface area contributed by atoms with Gasteiger partial charge in [0, 0.05) is 0 Å².